The van der Waals surface area contributed by atoms with Gasteiger partial charge in [0.25, 0.3) is 0 Å². The fourth-order valence-corrected chi connectivity index (χ4v) is 2.51. The van der Waals surface area contributed by atoms with Gasteiger partial charge in [0.2, 0.25) is 0 Å². The number of benzene rings is 1. The highest BCUT2D eigenvalue weighted by molar-refractivity contribution is 5.67. The van der Waals surface area contributed by atoms with Gasteiger partial charge in [0, 0.05) is 6.04 Å². The summed E-state index contributed by atoms with van der Waals surface area (Å²) in [7, 11) is 0. The van der Waals surface area contributed by atoms with Gasteiger partial charge in [-0.25, -0.2) is 4.79 Å². The molecule has 0 aliphatic carbocycles. The summed E-state index contributed by atoms with van der Waals surface area (Å²) in [5.41, 5.74) is 0.996. The molecule has 0 radical (unpaired) electrons. The number of carbonyl (C=O) groups excluding carboxylic acids is 1. The number of hydrogen-bond donors (Lipinski definition) is 1. The monoisotopic (exact) mass is 317 g/mol. The van der Waals surface area contributed by atoms with Crippen molar-refractivity contribution in [2.75, 3.05) is 0 Å². The molecule has 0 fully saturated rings. The number of alkyl carbamates (subject to hydrolysis) is 1. The molecule has 0 bridgehead atoms. The molecule has 23 heavy (non-hydrogen) atoms. The number of rotatable bonds is 11. The molecule has 1 aromatic carbocycles. The van der Waals surface area contributed by atoms with Crippen LogP contribution in [0.2, 0.25) is 0 Å². The molecule has 1 rings (SSSR count). The van der Waals surface area contributed by atoms with Crippen molar-refractivity contribution in [1.82, 2.24) is 5.32 Å². The molecule has 0 heterocycles. The summed E-state index contributed by atoms with van der Waals surface area (Å²) in [4.78, 5) is 12.0. The number of carbonyl (C=O) groups is 1. The van der Waals surface area contributed by atoms with E-state index < -0.39 is 0 Å². The van der Waals surface area contributed by atoms with E-state index in [0.29, 0.717) is 6.61 Å². The summed E-state index contributed by atoms with van der Waals surface area (Å²) in [5.74, 6) is 0.241. The molecule has 3 heteroatoms. The van der Waals surface area contributed by atoms with Crippen molar-refractivity contribution in [3.63, 3.8) is 0 Å². The molecule has 0 unspecified atom stereocenters. The maximum atomic E-state index is 12.0. The highest BCUT2D eigenvalue weighted by atomic mass is 16.5. The first-order chi connectivity index (χ1) is 11.2. The first-order valence-corrected chi connectivity index (χ1v) is 8.77. The third-order valence-corrected chi connectivity index (χ3v) is 4.14. The molecule has 0 spiro atoms. The third kappa shape index (κ3) is 8.44. The van der Waals surface area contributed by atoms with Crippen LogP contribution in [0.3, 0.4) is 0 Å². The Labute approximate surface area is 141 Å². The Morgan fingerprint density at radius 1 is 1.22 bits per heavy atom. The number of hydrogen-bond acceptors (Lipinski definition) is 2. The molecule has 0 saturated carbocycles. The molecule has 0 aromatic heterocycles. The second-order valence-electron chi connectivity index (χ2n) is 6.11. The second-order valence-corrected chi connectivity index (χ2v) is 6.11. The summed E-state index contributed by atoms with van der Waals surface area (Å²) in [6.07, 6.45) is 8.66. The van der Waals surface area contributed by atoms with Gasteiger partial charge in [-0.3, -0.25) is 0 Å². The van der Waals surface area contributed by atoms with Gasteiger partial charge in [-0.05, 0) is 17.9 Å². The topological polar surface area (TPSA) is 38.3 Å². The van der Waals surface area contributed by atoms with E-state index in [2.05, 4.69) is 25.7 Å². The van der Waals surface area contributed by atoms with Gasteiger partial charge in [-0.2, -0.15) is 0 Å². The Bertz CT molecular complexity index is 444. The number of unbranched alkanes of at least 4 members (excludes halogenated alkanes) is 4. The largest absolute Gasteiger partial charge is 0.445 e. The average Bonchev–Trinajstić information content (AvgIpc) is 2.59. The van der Waals surface area contributed by atoms with Crippen LogP contribution in [0.25, 0.3) is 0 Å². The lowest BCUT2D eigenvalue weighted by Gasteiger charge is -2.22. The van der Waals surface area contributed by atoms with E-state index in [0.717, 1.165) is 18.4 Å². The predicted octanol–water partition coefficient (Wildman–Crippen LogP) is 5.46. The Balaban J connectivity index is 2.36. The van der Waals surface area contributed by atoms with Crippen molar-refractivity contribution in [2.45, 2.75) is 65.0 Å². The van der Waals surface area contributed by atoms with Crippen molar-refractivity contribution >= 4 is 6.09 Å². The molecule has 1 amide bonds. The van der Waals surface area contributed by atoms with E-state index in [1.165, 1.54) is 25.7 Å². The molecule has 1 aromatic rings. The number of ether oxygens (including phenoxy) is 1. The lowest BCUT2D eigenvalue weighted by Crippen LogP contribution is -2.39. The average molecular weight is 317 g/mol. The maximum absolute atomic E-state index is 12.0. The minimum atomic E-state index is -0.346. The Morgan fingerprint density at radius 3 is 2.57 bits per heavy atom. The zero-order chi connectivity index (χ0) is 16.9. The van der Waals surface area contributed by atoms with Gasteiger partial charge in [-0.1, -0.05) is 82.4 Å². The van der Waals surface area contributed by atoms with Crippen molar-refractivity contribution in [1.29, 1.82) is 0 Å². The van der Waals surface area contributed by atoms with Crippen LogP contribution >= 0.6 is 0 Å². The highest BCUT2D eigenvalue weighted by Crippen LogP contribution is 2.14. The number of nitrogens with one attached hydrogen (secondary N) is 1. The lowest BCUT2D eigenvalue weighted by atomic mass is 9.96. The van der Waals surface area contributed by atoms with Crippen LogP contribution in [0.1, 0.15) is 57.9 Å². The van der Waals surface area contributed by atoms with Crippen LogP contribution < -0.4 is 5.32 Å². The van der Waals surface area contributed by atoms with E-state index in [1.807, 2.05) is 36.4 Å². The Morgan fingerprint density at radius 2 is 1.91 bits per heavy atom. The van der Waals surface area contributed by atoms with Gasteiger partial charge in [0.1, 0.15) is 6.61 Å². The van der Waals surface area contributed by atoms with Crippen LogP contribution in [0.4, 0.5) is 4.79 Å². The molecule has 1 N–H and O–H groups in total. The van der Waals surface area contributed by atoms with E-state index in [4.69, 9.17) is 4.74 Å². The van der Waals surface area contributed by atoms with Crippen LogP contribution in [-0.4, -0.2) is 12.1 Å². The van der Waals surface area contributed by atoms with E-state index >= 15 is 0 Å². The van der Waals surface area contributed by atoms with Crippen LogP contribution in [-0.2, 0) is 11.3 Å². The molecular weight excluding hydrogens is 286 g/mol. The third-order valence-electron chi connectivity index (χ3n) is 4.14. The van der Waals surface area contributed by atoms with Crippen LogP contribution in [0.15, 0.2) is 43.0 Å². The zero-order valence-electron chi connectivity index (χ0n) is 14.6. The molecular formula is C20H31NO2. The van der Waals surface area contributed by atoms with Crippen LogP contribution in [0.5, 0.6) is 0 Å². The van der Waals surface area contributed by atoms with Crippen molar-refractivity contribution < 1.29 is 9.53 Å². The minimum absolute atomic E-state index is 0.0948. The standard InChI is InChI=1S/C20H31NO2/c1-4-6-7-8-12-15-19(17(3)5-2)21-20(22)23-16-18-13-10-9-11-14-18/h5,9-11,13-14,17,19H,2,4,6-8,12,15-16H2,1,3H3,(H,21,22)/t17-,19-/m1/s1. The summed E-state index contributed by atoms with van der Waals surface area (Å²) in [6.45, 7) is 8.45. The predicted molar refractivity (Wildman–Crippen MR) is 96.3 cm³/mol. The lowest BCUT2D eigenvalue weighted by molar-refractivity contribution is 0.132. The zero-order valence-corrected chi connectivity index (χ0v) is 14.6. The summed E-state index contributed by atoms with van der Waals surface area (Å²) in [6, 6.07) is 9.82. The van der Waals surface area contributed by atoms with Crippen molar-refractivity contribution in [2.24, 2.45) is 5.92 Å². The first-order valence-electron chi connectivity index (χ1n) is 8.77. The van der Waals surface area contributed by atoms with Gasteiger partial charge >= 0.3 is 6.09 Å². The fraction of sp³-hybridized carbons (Fsp3) is 0.550. The maximum Gasteiger partial charge on any atom is 0.407 e. The summed E-state index contributed by atoms with van der Waals surface area (Å²) >= 11 is 0. The molecule has 0 aliphatic rings. The van der Waals surface area contributed by atoms with Gasteiger partial charge in [-0.15, -0.1) is 6.58 Å². The fourth-order valence-electron chi connectivity index (χ4n) is 2.51. The molecule has 128 valence electrons. The van der Waals surface area contributed by atoms with Crippen molar-refractivity contribution in [3.05, 3.63) is 48.6 Å². The molecule has 0 aliphatic heterocycles. The smallest absolute Gasteiger partial charge is 0.407 e. The number of amides is 1. The SMILES string of the molecule is C=C[C@@H](C)[C@@H](CCCCCCC)NC(=O)OCc1ccccc1. The van der Waals surface area contributed by atoms with Gasteiger partial charge in [0.05, 0.1) is 0 Å². The van der Waals surface area contributed by atoms with E-state index in [1.54, 1.807) is 0 Å². The molecule has 3 nitrogen and oxygen atoms in total. The Hall–Kier alpha value is -1.77. The van der Waals surface area contributed by atoms with Crippen molar-refractivity contribution in [3.8, 4) is 0 Å². The van der Waals surface area contributed by atoms with E-state index in [-0.39, 0.29) is 18.1 Å². The highest BCUT2D eigenvalue weighted by Gasteiger charge is 2.17. The minimum Gasteiger partial charge on any atom is -0.445 e. The Kier molecular flexibility index (Phi) is 9.85. The van der Waals surface area contributed by atoms with Gasteiger partial charge < -0.3 is 10.1 Å². The van der Waals surface area contributed by atoms with Crippen LogP contribution in [0, 0.1) is 5.92 Å². The quantitative estimate of drug-likeness (QED) is 0.434. The van der Waals surface area contributed by atoms with E-state index in [9.17, 15) is 4.79 Å². The first kappa shape index (κ1) is 19.3. The second kappa shape index (κ2) is 11.8. The molecule has 0 saturated heterocycles. The van der Waals surface area contributed by atoms with Gasteiger partial charge in [0.15, 0.2) is 0 Å². The summed E-state index contributed by atoms with van der Waals surface area (Å²) in [5, 5.41) is 3.00. The normalized spacial score (nSPS) is 13.1. The summed E-state index contributed by atoms with van der Waals surface area (Å²) < 4.78 is 5.31. The molecule has 2 atom stereocenters.